The fourth-order valence-electron chi connectivity index (χ4n) is 3.58. The Morgan fingerprint density at radius 1 is 1.07 bits per heavy atom. The molecule has 0 unspecified atom stereocenters. The predicted molar refractivity (Wildman–Crippen MR) is 111 cm³/mol. The Bertz CT molecular complexity index is 803. The molecule has 2 aromatic rings. The molecule has 1 heterocycles. The maximum atomic E-state index is 13.3. The van der Waals surface area contributed by atoms with Crippen LogP contribution in [0, 0.1) is 6.92 Å². The second kappa shape index (κ2) is 9.65. The van der Waals surface area contributed by atoms with Crippen molar-refractivity contribution in [2.45, 2.75) is 32.4 Å². The summed E-state index contributed by atoms with van der Waals surface area (Å²) in [6.07, 6.45) is 2.06. The topological polar surface area (TPSA) is 57.2 Å². The standard InChI is InChI=1S/C23H29NO5/c1-16-7-9-18(10-8-16)23(25)24(15-19-6-5-11-29-19)14-17-12-20(26-2)22(28-4)21(13-17)27-3/h7-10,12-13,19H,5-6,11,14-15H2,1-4H3/t19-/m0/s1. The highest BCUT2D eigenvalue weighted by atomic mass is 16.5. The molecule has 1 saturated heterocycles. The van der Waals surface area contributed by atoms with Crippen LogP contribution in [0.15, 0.2) is 36.4 Å². The highest BCUT2D eigenvalue weighted by Gasteiger charge is 2.24. The highest BCUT2D eigenvalue weighted by Crippen LogP contribution is 2.38. The minimum atomic E-state index is -0.0192. The van der Waals surface area contributed by atoms with Crippen LogP contribution < -0.4 is 14.2 Å². The average molecular weight is 399 g/mol. The van der Waals surface area contributed by atoms with E-state index in [-0.39, 0.29) is 12.0 Å². The Balaban J connectivity index is 1.89. The van der Waals surface area contributed by atoms with E-state index < -0.39 is 0 Å². The summed E-state index contributed by atoms with van der Waals surface area (Å²) in [6, 6.07) is 11.4. The Morgan fingerprint density at radius 2 is 1.72 bits per heavy atom. The van der Waals surface area contributed by atoms with E-state index in [1.54, 1.807) is 21.3 Å². The molecule has 0 radical (unpaired) electrons. The molecule has 1 amide bonds. The zero-order chi connectivity index (χ0) is 20.8. The number of ether oxygens (including phenoxy) is 4. The number of amides is 1. The summed E-state index contributed by atoms with van der Waals surface area (Å²) >= 11 is 0. The number of aryl methyl sites for hydroxylation is 1. The van der Waals surface area contributed by atoms with Crippen LogP contribution in [0.4, 0.5) is 0 Å². The third kappa shape index (κ3) is 5.01. The monoisotopic (exact) mass is 399 g/mol. The van der Waals surface area contributed by atoms with E-state index in [1.807, 2.05) is 48.2 Å². The second-order valence-electron chi connectivity index (χ2n) is 7.22. The summed E-state index contributed by atoms with van der Waals surface area (Å²) in [6.45, 7) is 3.72. The van der Waals surface area contributed by atoms with Crippen LogP contribution in [-0.2, 0) is 11.3 Å². The first-order chi connectivity index (χ1) is 14.0. The van der Waals surface area contributed by atoms with Crippen LogP contribution in [0.25, 0.3) is 0 Å². The molecule has 6 nitrogen and oxygen atoms in total. The Morgan fingerprint density at radius 3 is 2.24 bits per heavy atom. The SMILES string of the molecule is COc1cc(CN(C[C@@H]2CCCO2)C(=O)c2ccc(C)cc2)cc(OC)c1OC. The number of carbonyl (C=O) groups is 1. The van der Waals surface area contributed by atoms with Gasteiger partial charge in [0.15, 0.2) is 11.5 Å². The van der Waals surface area contributed by atoms with E-state index in [0.717, 1.165) is 30.6 Å². The Kier molecular flexibility index (Phi) is 6.99. The van der Waals surface area contributed by atoms with Crippen molar-refractivity contribution in [2.24, 2.45) is 0 Å². The van der Waals surface area contributed by atoms with Gasteiger partial charge >= 0.3 is 0 Å². The highest BCUT2D eigenvalue weighted by molar-refractivity contribution is 5.94. The first-order valence-corrected chi connectivity index (χ1v) is 9.82. The first-order valence-electron chi connectivity index (χ1n) is 9.82. The van der Waals surface area contributed by atoms with Gasteiger partial charge in [-0.05, 0) is 49.6 Å². The number of rotatable bonds is 8. The van der Waals surface area contributed by atoms with Crippen molar-refractivity contribution >= 4 is 5.91 Å². The first kappa shape index (κ1) is 21.0. The molecule has 0 spiro atoms. The summed E-state index contributed by atoms with van der Waals surface area (Å²) in [5.74, 6) is 1.66. The van der Waals surface area contributed by atoms with Crippen molar-refractivity contribution < 1.29 is 23.7 Å². The summed E-state index contributed by atoms with van der Waals surface area (Å²) in [7, 11) is 4.75. The van der Waals surface area contributed by atoms with E-state index in [4.69, 9.17) is 18.9 Å². The lowest BCUT2D eigenvalue weighted by Gasteiger charge is -2.26. The van der Waals surface area contributed by atoms with E-state index in [0.29, 0.717) is 35.9 Å². The summed E-state index contributed by atoms with van der Waals surface area (Å²) in [4.78, 5) is 15.1. The molecule has 0 N–H and O–H groups in total. The smallest absolute Gasteiger partial charge is 0.254 e. The van der Waals surface area contributed by atoms with Crippen molar-refractivity contribution in [1.29, 1.82) is 0 Å². The predicted octanol–water partition coefficient (Wildman–Crippen LogP) is 3.84. The minimum Gasteiger partial charge on any atom is -0.493 e. The average Bonchev–Trinajstić information content (AvgIpc) is 3.25. The molecule has 1 aliphatic heterocycles. The number of hydrogen-bond donors (Lipinski definition) is 0. The van der Waals surface area contributed by atoms with Crippen LogP contribution >= 0.6 is 0 Å². The lowest BCUT2D eigenvalue weighted by atomic mass is 10.1. The normalized spacial score (nSPS) is 15.8. The number of methoxy groups -OCH3 is 3. The fourth-order valence-corrected chi connectivity index (χ4v) is 3.58. The Hall–Kier alpha value is -2.73. The van der Waals surface area contributed by atoms with Crippen LogP contribution in [0.2, 0.25) is 0 Å². The zero-order valence-electron chi connectivity index (χ0n) is 17.6. The van der Waals surface area contributed by atoms with Gasteiger partial charge in [0.05, 0.1) is 27.4 Å². The maximum Gasteiger partial charge on any atom is 0.254 e. The maximum absolute atomic E-state index is 13.3. The van der Waals surface area contributed by atoms with E-state index in [2.05, 4.69) is 0 Å². The molecule has 29 heavy (non-hydrogen) atoms. The molecule has 0 aliphatic carbocycles. The van der Waals surface area contributed by atoms with Gasteiger partial charge in [-0.15, -0.1) is 0 Å². The third-order valence-corrected chi connectivity index (χ3v) is 5.13. The molecular formula is C23H29NO5. The molecule has 0 aromatic heterocycles. The summed E-state index contributed by atoms with van der Waals surface area (Å²) in [5.41, 5.74) is 2.69. The fraction of sp³-hybridized carbons (Fsp3) is 0.435. The third-order valence-electron chi connectivity index (χ3n) is 5.13. The van der Waals surface area contributed by atoms with Gasteiger partial charge in [0, 0.05) is 25.3 Å². The van der Waals surface area contributed by atoms with Crippen molar-refractivity contribution in [3.05, 3.63) is 53.1 Å². The number of hydrogen-bond acceptors (Lipinski definition) is 5. The molecule has 0 bridgehead atoms. The molecule has 1 aliphatic rings. The molecule has 0 saturated carbocycles. The van der Waals surface area contributed by atoms with Crippen LogP contribution in [0.5, 0.6) is 17.2 Å². The van der Waals surface area contributed by atoms with Crippen molar-refractivity contribution in [1.82, 2.24) is 4.90 Å². The zero-order valence-corrected chi connectivity index (χ0v) is 17.6. The lowest BCUT2D eigenvalue weighted by molar-refractivity contribution is 0.0507. The number of nitrogens with zero attached hydrogens (tertiary/aromatic N) is 1. The van der Waals surface area contributed by atoms with Gasteiger partial charge in [-0.2, -0.15) is 0 Å². The summed E-state index contributed by atoms with van der Waals surface area (Å²) < 4.78 is 22.1. The van der Waals surface area contributed by atoms with E-state index in [9.17, 15) is 4.79 Å². The number of benzene rings is 2. The quantitative estimate of drug-likeness (QED) is 0.675. The van der Waals surface area contributed by atoms with Gasteiger partial charge in [-0.25, -0.2) is 0 Å². The van der Waals surface area contributed by atoms with Gasteiger partial charge in [0.1, 0.15) is 0 Å². The van der Waals surface area contributed by atoms with E-state index in [1.165, 1.54) is 0 Å². The molecule has 1 fully saturated rings. The molecule has 156 valence electrons. The van der Waals surface area contributed by atoms with Gasteiger partial charge in [0.25, 0.3) is 5.91 Å². The van der Waals surface area contributed by atoms with Gasteiger partial charge in [-0.3, -0.25) is 4.79 Å². The Labute approximate surface area is 172 Å². The molecule has 1 atom stereocenters. The lowest BCUT2D eigenvalue weighted by Crippen LogP contribution is -2.37. The van der Waals surface area contributed by atoms with Crippen molar-refractivity contribution in [2.75, 3.05) is 34.5 Å². The van der Waals surface area contributed by atoms with E-state index >= 15 is 0 Å². The molecule has 2 aromatic carbocycles. The largest absolute Gasteiger partial charge is 0.493 e. The second-order valence-corrected chi connectivity index (χ2v) is 7.22. The van der Waals surface area contributed by atoms with Crippen LogP contribution in [0.3, 0.4) is 0 Å². The minimum absolute atomic E-state index is 0.0192. The molecular weight excluding hydrogens is 370 g/mol. The molecule has 3 rings (SSSR count). The van der Waals surface area contributed by atoms with Gasteiger partial charge in [-0.1, -0.05) is 17.7 Å². The van der Waals surface area contributed by atoms with Crippen molar-refractivity contribution in [3.8, 4) is 17.2 Å². The van der Waals surface area contributed by atoms with Gasteiger partial charge in [0.2, 0.25) is 5.75 Å². The van der Waals surface area contributed by atoms with Crippen LogP contribution in [0.1, 0.15) is 34.3 Å². The van der Waals surface area contributed by atoms with Crippen LogP contribution in [-0.4, -0.2) is 51.4 Å². The number of carbonyl (C=O) groups excluding carboxylic acids is 1. The van der Waals surface area contributed by atoms with Crippen molar-refractivity contribution in [3.63, 3.8) is 0 Å². The summed E-state index contributed by atoms with van der Waals surface area (Å²) in [5, 5.41) is 0. The molecule has 6 heteroatoms. The van der Waals surface area contributed by atoms with Gasteiger partial charge < -0.3 is 23.8 Å².